The molecule has 0 bridgehead atoms. The Balaban J connectivity index is 1.06. The summed E-state index contributed by atoms with van der Waals surface area (Å²) >= 11 is 0. The van der Waals surface area contributed by atoms with Crippen LogP contribution in [-0.4, -0.2) is 19.5 Å². The van der Waals surface area contributed by atoms with Gasteiger partial charge in [0.15, 0.2) is 0 Å². The summed E-state index contributed by atoms with van der Waals surface area (Å²) in [4.78, 5) is 5.24. The van der Waals surface area contributed by atoms with Crippen molar-refractivity contribution >= 4 is 77.0 Å². The molecular formula is C58H44N6. The van der Waals surface area contributed by atoms with Gasteiger partial charge >= 0.3 is 0 Å². The third-order valence-electron chi connectivity index (χ3n) is 13.4. The molecule has 0 radical (unpaired) electrons. The standard InChI is InChI=1S/C58H44N6/c1-37-17-15-24-41(35-37)63-50-30-16-27-47(58-60-56(38-18-5-2-6-19-38)59-57(61-58)39-20-7-3-8-21-39)53(50)46-32-31-42(36-52(46)63)62-49-29-14-12-26-45(49)54-51(62)34-33-44-43-25-11-13-28-48(43)64(55(44)54)40-22-9-4-10-23-40/h2-16,18-37,56,58,60H,17H2,1H3,(H,59,61). The Morgan fingerprint density at radius 2 is 1.17 bits per heavy atom. The largest absolute Gasteiger partial charge is 0.350 e. The first-order valence-electron chi connectivity index (χ1n) is 22.4. The van der Waals surface area contributed by atoms with E-state index in [2.05, 4.69) is 238 Å². The molecule has 13 rings (SSSR count). The first-order chi connectivity index (χ1) is 31.7. The van der Waals surface area contributed by atoms with Crippen LogP contribution in [0.4, 0.5) is 0 Å². The molecule has 1 aliphatic carbocycles. The molecule has 2 aliphatic rings. The fourth-order valence-corrected chi connectivity index (χ4v) is 10.6. The summed E-state index contributed by atoms with van der Waals surface area (Å²) in [6, 6.07) is 68.1. The van der Waals surface area contributed by atoms with Crippen LogP contribution in [0, 0.1) is 5.92 Å². The SMILES string of the molecule is CC1C=C(n2c3cc(-n4c5ccccc5c5c4ccc4c6ccccc6n(-c6ccccc6)c45)ccc3c3c(C4NC(c5ccccc5)=NC(c5ccccc5)N4)cccc32)C=CC1. The van der Waals surface area contributed by atoms with E-state index in [1.165, 1.54) is 76.7 Å². The molecule has 0 saturated carbocycles. The minimum absolute atomic E-state index is 0.216. The van der Waals surface area contributed by atoms with Crippen LogP contribution in [-0.2, 0) is 0 Å². The van der Waals surface area contributed by atoms with Gasteiger partial charge in [0.05, 0.1) is 33.1 Å². The van der Waals surface area contributed by atoms with Gasteiger partial charge in [-0.05, 0) is 78.1 Å². The summed E-state index contributed by atoms with van der Waals surface area (Å²) in [7, 11) is 0. The Morgan fingerprint density at radius 1 is 0.516 bits per heavy atom. The second kappa shape index (κ2) is 14.6. The molecule has 306 valence electrons. The van der Waals surface area contributed by atoms with Crippen LogP contribution in [0.3, 0.4) is 0 Å². The first kappa shape index (κ1) is 36.7. The third-order valence-corrected chi connectivity index (χ3v) is 13.4. The Morgan fingerprint density at radius 3 is 1.97 bits per heavy atom. The number of aliphatic imine (C=N–C) groups is 1. The average molecular weight is 825 g/mol. The van der Waals surface area contributed by atoms with Gasteiger partial charge in [0.1, 0.15) is 18.2 Å². The maximum Gasteiger partial charge on any atom is 0.131 e. The van der Waals surface area contributed by atoms with E-state index in [0.717, 1.165) is 34.8 Å². The maximum atomic E-state index is 5.24. The van der Waals surface area contributed by atoms with Crippen molar-refractivity contribution in [3.63, 3.8) is 0 Å². The van der Waals surface area contributed by atoms with Crippen LogP contribution in [0.2, 0.25) is 0 Å². The summed E-state index contributed by atoms with van der Waals surface area (Å²) in [5, 5.41) is 15.2. The molecule has 0 saturated heterocycles. The zero-order valence-corrected chi connectivity index (χ0v) is 35.4. The summed E-state index contributed by atoms with van der Waals surface area (Å²) < 4.78 is 7.43. The predicted molar refractivity (Wildman–Crippen MR) is 266 cm³/mol. The zero-order valence-electron chi connectivity index (χ0n) is 35.4. The molecule has 0 spiro atoms. The van der Waals surface area contributed by atoms with Gasteiger partial charge in [0, 0.05) is 55.0 Å². The van der Waals surface area contributed by atoms with Crippen LogP contribution in [0.1, 0.15) is 42.4 Å². The summed E-state index contributed by atoms with van der Waals surface area (Å²) in [5.74, 6) is 1.30. The highest BCUT2D eigenvalue weighted by Gasteiger charge is 2.29. The van der Waals surface area contributed by atoms with Crippen molar-refractivity contribution in [2.24, 2.45) is 10.9 Å². The van der Waals surface area contributed by atoms with E-state index in [1.54, 1.807) is 0 Å². The number of benzene rings is 8. The number of hydrogen-bond donors (Lipinski definition) is 2. The average Bonchev–Trinajstić information content (AvgIpc) is 4.00. The normalized spacial score (nSPS) is 17.7. The molecular weight excluding hydrogens is 781 g/mol. The lowest BCUT2D eigenvalue weighted by Gasteiger charge is -2.32. The second-order valence-corrected chi connectivity index (χ2v) is 17.3. The lowest BCUT2D eigenvalue weighted by Crippen LogP contribution is -2.45. The number of amidine groups is 1. The van der Waals surface area contributed by atoms with Crippen molar-refractivity contribution in [1.82, 2.24) is 24.3 Å². The van der Waals surface area contributed by atoms with Crippen molar-refractivity contribution in [2.45, 2.75) is 25.7 Å². The maximum absolute atomic E-state index is 5.24. The number of para-hydroxylation sites is 3. The van der Waals surface area contributed by atoms with E-state index in [-0.39, 0.29) is 12.3 Å². The number of hydrogen-bond acceptors (Lipinski definition) is 3. The highest BCUT2D eigenvalue weighted by molar-refractivity contribution is 6.26. The smallest absolute Gasteiger partial charge is 0.131 e. The quantitative estimate of drug-likeness (QED) is 0.175. The molecule has 8 aromatic carbocycles. The van der Waals surface area contributed by atoms with Crippen molar-refractivity contribution in [1.29, 1.82) is 0 Å². The fourth-order valence-electron chi connectivity index (χ4n) is 10.6. The number of nitrogens with one attached hydrogen (secondary N) is 2. The van der Waals surface area contributed by atoms with E-state index < -0.39 is 0 Å². The minimum Gasteiger partial charge on any atom is -0.350 e. The topological polar surface area (TPSA) is 51.2 Å². The summed E-state index contributed by atoms with van der Waals surface area (Å²) in [5.41, 5.74) is 14.0. The van der Waals surface area contributed by atoms with Gasteiger partial charge in [-0.25, -0.2) is 4.99 Å². The predicted octanol–water partition coefficient (Wildman–Crippen LogP) is 13.8. The Kier molecular flexibility index (Phi) is 8.36. The molecule has 0 amide bonds. The van der Waals surface area contributed by atoms with Crippen molar-refractivity contribution in [3.05, 3.63) is 223 Å². The van der Waals surface area contributed by atoms with E-state index in [1.807, 2.05) is 0 Å². The summed E-state index contributed by atoms with van der Waals surface area (Å²) in [6.07, 6.45) is 7.65. The molecule has 2 N–H and O–H groups in total. The zero-order chi connectivity index (χ0) is 42.3. The van der Waals surface area contributed by atoms with Crippen molar-refractivity contribution in [3.8, 4) is 11.4 Å². The molecule has 64 heavy (non-hydrogen) atoms. The fraction of sp³-hybridized carbons (Fsp3) is 0.0862. The molecule has 3 aromatic heterocycles. The first-order valence-corrected chi connectivity index (χ1v) is 22.4. The van der Waals surface area contributed by atoms with Crippen LogP contribution in [0.25, 0.3) is 82.5 Å². The molecule has 0 fully saturated rings. The molecule has 4 heterocycles. The highest BCUT2D eigenvalue weighted by Crippen LogP contribution is 2.44. The molecule has 6 nitrogen and oxygen atoms in total. The minimum atomic E-state index is -0.231. The van der Waals surface area contributed by atoms with Gasteiger partial charge in [-0.15, -0.1) is 0 Å². The Hall–Kier alpha value is -7.93. The van der Waals surface area contributed by atoms with Gasteiger partial charge in [0.25, 0.3) is 0 Å². The van der Waals surface area contributed by atoms with Gasteiger partial charge in [-0.1, -0.05) is 159 Å². The van der Waals surface area contributed by atoms with Gasteiger partial charge in [0.2, 0.25) is 0 Å². The van der Waals surface area contributed by atoms with Crippen LogP contribution in [0.15, 0.2) is 211 Å². The van der Waals surface area contributed by atoms with E-state index in [4.69, 9.17) is 4.99 Å². The summed E-state index contributed by atoms with van der Waals surface area (Å²) in [6.45, 7) is 2.31. The number of fused-ring (bicyclic) bond motifs is 10. The lowest BCUT2D eigenvalue weighted by atomic mass is 10.0. The molecule has 1 aliphatic heterocycles. The van der Waals surface area contributed by atoms with E-state index in [0.29, 0.717) is 5.92 Å². The van der Waals surface area contributed by atoms with Crippen molar-refractivity contribution in [2.75, 3.05) is 0 Å². The number of nitrogens with zero attached hydrogens (tertiary/aromatic N) is 4. The van der Waals surface area contributed by atoms with Gasteiger partial charge in [-0.2, -0.15) is 0 Å². The van der Waals surface area contributed by atoms with Crippen molar-refractivity contribution < 1.29 is 0 Å². The molecule has 11 aromatic rings. The number of aromatic nitrogens is 3. The van der Waals surface area contributed by atoms with E-state index >= 15 is 0 Å². The highest BCUT2D eigenvalue weighted by atomic mass is 15.3. The van der Waals surface area contributed by atoms with Crippen LogP contribution in [0.5, 0.6) is 0 Å². The number of allylic oxidation sites excluding steroid dienone is 4. The Bertz CT molecular complexity index is 3720. The lowest BCUT2D eigenvalue weighted by molar-refractivity contribution is 0.411. The van der Waals surface area contributed by atoms with Gasteiger partial charge in [-0.3, -0.25) is 5.32 Å². The molecule has 3 atom stereocenters. The number of rotatable bonds is 6. The third kappa shape index (κ3) is 5.66. The van der Waals surface area contributed by atoms with Crippen LogP contribution < -0.4 is 10.6 Å². The van der Waals surface area contributed by atoms with Gasteiger partial charge < -0.3 is 19.0 Å². The Labute approximate surface area is 370 Å². The van der Waals surface area contributed by atoms with E-state index in [9.17, 15) is 0 Å². The molecule has 6 heteroatoms. The van der Waals surface area contributed by atoms with Crippen LogP contribution >= 0.6 is 0 Å². The molecule has 3 unspecified atom stereocenters. The monoisotopic (exact) mass is 824 g/mol. The second-order valence-electron chi connectivity index (χ2n) is 17.3.